The SMILES string of the molecule is O=C(NCC1(c2c[nH]c3ccc(F)cc23)CC1)c1ccc(F)c(F)c1F. The molecule has 2 aromatic carbocycles. The van der Waals surface area contributed by atoms with Crippen LogP contribution < -0.4 is 5.32 Å². The zero-order valence-corrected chi connectivity index (χ0v) is 13.5. The summed E-state index contributed by atoms with van der Waals surface area (Å²) in [5.41, 5.74) is 0.727. The number of rotatable bonds is 4. The number of aromatic amines is 1. The molecule has 26 heavy (non-hydrogen) atoms. The average molecular weight is 362 g/mol. The Kier molecular flexibility index (Phi) is 3.75. The number of halogens is 4. The highest BCUT2D eigenvalue weighted by molar-refractivity contribution is 5.94. The number of aromatic nitrogens is 1. The third-order valence-electron chi connectivity index (χ3n) is 4.94. The lowest BCUT2D eigenvalue weighted by molar-refractivity contribution is 0.0944. The molecule has 0 aliphatic heterocycles. The van der Waals surface area contributed by atoms with E-state index in [1.807, 2.05) is 0 Å². The van der Waals surface area contributed by atoms with Crippen LogP contribution in [0.2, 0.25) is 0 Å². The summed E-state index contributed by atoms with van der Waals surface area (Å²) in [4.78, 5) is 15.3. The Labute approximate surface area is 146 Å². The molecule has 0 saturated heterocycles. The third-order valence-corrected chi connectivity index (χ3v) is 4.94. The van der Waals surface area contributed by atoms with E-state index in [1.54, 1.807) is 12.3 Å². The average Bonchev–Trinajstić information content (AvgIpc) is 3.29. The topological polar surface area (TPSA) is 44.9 Å². The van der Waals surface area contributed by atoms with E-state index in [0.29, 0.717) is 6.07 Å². The number of hydrogen-bond donors (Lipinski definition) is 2. The lowest BCUT2D eigenvalue weighted by Gasteiger charge is -2.16. The van der Waals surface area contributed by atoms with Gasteiger partial charge in [-0.2, -0.15) is 0 Å². The number of amides is 1. The fourth-order valence-electron chi connectivity index (χ4n) is 3.27. The second-order valence-corrected chi connectivity index (χ2v) is 6.58. The van der Waals surface area contributed by atoms with E-state index < -0.39 is 28.9 Å². The quantitative estimate of drug-likeness (QED) is 0.531. The van der Waals surface area contributed by atoms with Crippen LogP contribution in [0.4, 0.5) is 17.6 Å². The van der Waals surface area contributed by atoms with Crippen molar-refractivity contribution in [3.05, 3.63) is 70.9 Å². The molecular weight excluding hydrogens is 348 g/mol. The summed E-state index contributed by atoms with van der Waals surface area (Å²) in [6.07, 6.45) is 3.33. The standard InChI is InChI=1S/C19H14F4N2O/c20-10-1-4-15-12(7-10)13(8-24-15)19(5-6-19)9-25-18(26)11-2-3-14(21)17(23)16(11)22/h1-4,7-8,24H,5-6,9H2,(H,25,26). The van der Waals surface area contributed by atoms with Crippen LogP contribution >= 0.6 is 0 Å². The smallest absolute Gasteiger partial charge is 0.254 e. The largest absolute Gasteiger partial charge is 0.361 e. The highest BCUT2D eigenvalue weighted by atomic mass is 19.2. The number of H-pyrrole nitrogens is 1. The van der Waals surface area contributed by atoms with Gasteiger partial charge in [-0.15, -0.1) is 0 Å². The molecule has 1 heterocycles. The van der Waals surface area contributed by atoms with Crippen molar-refractivity contribution < 1.29 is 22.4 Å². The van der Waals surface area contributed by atoms with Gasteiger partial charge in [0.15, 0.2) is 17.5 Å². The molecule has 1 aliphatic carbocycles. The lowest BCUT2D eigenvalue weighted by Crippen LogP contribution is -2.33. The normalized spacial score (nSPS) is 15.2. The monoisotopic (exact) mass is 362 g/mol. The van der Waals surface area contributed by atoms with Gasteiger partial charge in [0.2, 0.25) is 0 Å². The molecule has 3 nitrogen and oxygen atoms in total. The van der Waals surface area contributed by atoms with Crippen LogP contribution in [0.1, 0.15) is 28.8 Å². The Bertz CT molecular complexity index is 1020. The molecule has 1 amide bonds. The summed E-state index contributed by atoms with van der Waals surface area (Å²) < 4.78 is 53.6. The van der Waals surface area contributed by atoms with Crippen LogP contribution in [0.25, 0.3) is 10.9 Å². The van der Waals surface area contributed by atoms with Gasteiger partial charge in [0.1, 0.15) is 5.82 Å². The van der Waals surface area contributed by atoms with Gasteiger partial charge in [-0.1, -0.05) is 0 Å². The second-order valence-electron chi connectivity index (χ2n) is 6.58. The Morgan fingerprint density at radius 2 is 1.85 bits per heavy atom. The van der Waals surface area contributed by atoms with Crippen molar-refractivity contribution in [3.63, 3.8) is 0 Å². The van der Waals surface area contributed by atoms with Crippen LogP contribution in [0.5, 0.6) is 0 Å². The Morgan fingerprint density at radius 1 is 1.08 bits per heavy atom. The summed E-state index contributed by atoms with van der Waals surface area (Å²) in [7, 11) is 0. The van der Waals surface area contributed by atoms with Gasteiger partial charge in [-0.05, 0) is 48.7 Å². The van der Waals surface area contributed by atoms with Crippen molar-refractivity contribution in [2.24, 2.45) is 0 Å². The molecule has 0 unspecified atom stereocenters. The molecule has 2 N–H and O–H groups in total. The minimum absolute atomic E-state index is 0.188. The fourth-order valence-corrected chi connectivity index (χ4v) is 3.27. The van der Waals surface area contributed by atoms with E-state index in [4.69, 9.17) is 0 Å². The van der Waals surface area contributed by atoms with Crippen molar-refractivity contribution in [2.45, 2.75) is 18.3 Å². The molecule has 7 heteroatoms. The molecule has 0 atom stereocenters. The molecular formula is C19H14F4N2O. The fraction of sp³-hybridized carbons (Fsp3) is 0.211. The molecule has 134 valence electrons. The van der Waals surface area contributed by atoms with Gasteiger partial charge in [-0.3, -0.25) is 4.79 Å². The maximum Gasteiger partial charge on any atom is 0.254 e. The Hall–Kier alpha value is -2.83. The number of hydrogen-bond acceptors (Lipinski definition) is 1. The zero-order valence-electron chi connectivity index (χ0n) is 13.5. The summed E-state index contributed by atoms with van der Waals surface area (Å²) in [6, 6.07) is 6.04. The lowest BCUT2D eigenvalue weighted by atomic mass is 9.95. The van der Waals surface area contributed by atoms with Gasteiger partial charge in [0.25, 0.3) is 5.91 Å². The minimum atomic E-state index is -1.68. The minimum Gasteiger partial charge on any atom is -0.361 e. The molecule has 1 aromatic heterocycles. The first-order chi connectivity index (χ1) is 12.4. The maximum atomic E-state index is 13.8. The summed E-state index contributed by atoms with van der Waals surface area (Å²) in [6.45, 7) is 0.188. The highest BCUT2D eigenvalue weighted by Gasteiger charge is 2.46. The van der Waals surface area contributed by atoms with Gasteiger partial charge in [0.05, 0.1) is 5.56 Å². The van der Waals surface area contributed by atoms with Crippen molar-refractivity contribution in [1.29, 1.82) is 0 Å². The highest BCUT2D eigenvalue weighted by Crippen LogP contribution is 2.50. The van der Waals surface area contributed by atoms with Gasteiger partial charge >= 0.3 is 0 Å². The molecule has 4 rings (SSSR count). The second kappa shape index (κ2) is 5.86. The zero-order chi connectivity index (χ0) is 18.5. The molecule has 0 bridgehead atoms. The van der Waals surface area contributed by atoms with E-state index in [2.05, 4.69) is 10.3 Å². The number of nitrogens with one attached hydrogen (secondary N) is 2. The third kappa shape index (κ3) is 2.64. The van der Waals surface area contributed by atoms with Crippen molar-refractivity contribution in [3.8, 4) is 0 Å². The van der Waals surface area contributed by atoms with Crippen molar-refractivity contribution >= 4 is 16.8 Å². The molecule has 1 saturated carbocycles. The summed E-state index contributed by atoms with van der Waals surface area (Å²) >= 11 is 0. The number of benzene rings is 2. The summed E-state index contributed by atoms with van der Waals surface area (Å²) in [5, 5.41) is 3.31. The Morgan fingerprint density at radius 3 is 2.58 bits per heavy atom. The first-order valence-corrected chi connectivity index (χ1v) is 8.10. The summed E-state index contributed by atoms with van der Waals surface area (Å²) in [5.74, 6) is -5.72. The van der Waals surface area contributed by atoms with E-state index in [1.165, 1.54) is 12.1 Å². The van der Waals surface area contributed by atoms with Crippen LogP contribution in [0.15, 0.2) is 36.5 Å². The number of carbonyl (C=O) groups is 1. The molecule has 1 aliphatic rings. The molecule has 3 aromatic rings. The number of fused-ring (bicyclic) bond motifs is 1. The number of carbonyl (C=O) groups excluding carboxylic acids is 1. The van der Waals surface area contributed by atoms with Crippen molar-refractivity contribution in [1.82, 2.24) is 10.3 Å². The Balaban J connectivity index is 1.57. The van der Waals surface area contributed by atoms with Gasteiger partial charge in [-0.25, -0.2) is 17.6 Å². The van der Waals surface area contributed by atoms with E-state index in [-0.39, 0.29) is 17.8 Å². The first kappa shape index (κ1) is 16.6. The van der Waals surface area contributed by atoms with E-state index in [0.717, 1.165) is 35.4 Å². The van der Waals surface area contributed by atoms with Crippen LogP contribution in [0.3, 0.4) is 0 Å². The van der Waals surface area contributed by atoms with E-state index >= 15 is 0 Å². The van der Waals surface area contributed by atoms with E-state index in [9.17, 15) is 22.4 Å². The molecule has 0 spiro atoms. The maximum absolute atomic E-state index is 13.8. The van der Waals surface area contributed by atoms with Crippen LogP contribution in [-0.4, -0.2) is 17.4 Å². The van der Waals surface area contributed by atoms with Gasteiger partial charge in [0, 0.05) is 29.1 Å². The predicted octanol–water partition coefficient (Wildman–Crippen LogP) is 4.19. The molecule has 1 fully saturated rings. The predicted molar refractivity (Wildman–Crippen MR) is 87.8 cm³/mol. The van der Waals surface area contributed by atoms with Gasteiger partial charge < -0.3 is 10.3 Å². The van der Waals surface area contributed by atoms with Crippen molar-refractivity contribution in [2.75, 3.05) is 6.54 Å². The first-order valence-electron chi connectivity index (χ1n) is 8.10. The van der Waals surface area contributed by atoms with Crippen LogP contribution in [-0.2, 0) is 5.41 Å². The molecule has 0 radical (unpaired) electrons. The van der Waals surface area contributed by atoms with Crippen LogP contribution in [0, 0.1) is 23.3 Å².